The molecule has 0 saturated carbocycles. The summed E-state index contributed by atoms with van der Waals surface area (Å²) in [7, 11) is 2.91. The summed E-state index contributed by atoms with van der Waals surface area (Å²) in [6.45, 7) is 5.86. The number of ketones is 2. The highest BCUT2D eigenvalue weighted by Gasteiger charge is 2.23. The maximum Gasteiger partial charge on any atom is 0.309 e. The van der Waals surface area contributed by atoms with Crippen molar-refractivity contribution >= 4 is 55.5 Å². The molecule has 0 fully saturated rings. The quantitative estimate of drug-likeness (QED) is 0.118. The van der Waals surface area contributed by atoms with Crippen molar-refractivity contribution in [3.63, 3.8) is 0 Å². The highest BCUT2D eigenvalue weighted by atomic mass is 79.9. The number of carbonyl (C=O) groups excluding carboxylic acids is 3. The van der Waals surface area contributed by atoms with E-state index < -0.39 is 0 Å². The summed E-state index contributed by atoms with van der Waals surface area (Å²) in [6.07, 6.45) is 3.73. The molecule has 0 N–H and O–H groups in total. The Morgan fingerprint density at radius 2 is 1.64 bits per heavy atom. The van der Waals surface area contributed by atoms with E-state index in [1.807, 2.05) is 26.0 Å². The predicted octanol–water partition coefficient (Wildman–Crippen LogP) is 8.07. The van der Waals surface area contributed by atoms with Crippen molar-refractivity contribution in [3.05, 3.63) is 91.4 Å². The summed E-state index contributed by atoms with van der Waals surface area (Å²) in [5.41, 5.74) is 3.11. The van der Waals surface area contributed by atoms with Crippen molar-refractivity contribution in [1.29, 1.82) is 0 Å². The number of esters is 1. The van der Waals surface area contributed by atoms with Gasteiger partial charge in [0, 0.05) is 17.5 Å². The third-order valence-electron chi connectivity index (χ3n) is 6.00. The third kappa shape index (κ3) is 7.67. The molecule has 0 unspecified atom stereocenters. The van der Waals surface area contributed by atoms with E-state index in [-0.39, 0.29) is 29.9 Å². The van der Waals surface area contributed by atoms with Gasteiger partial charge in [-0.2, -0.15) is 0 Å². The average molecular weight is 658 g/mol. The molecule has 0 spiro atoms. The van der Waals surface area contributed by atoms with Crippen molar-refractivity contribution in [2.75, 3.05) is 14.2 Å². The van der Waals surface area contributed by atoms with Crippen LogP contribution in [0.25, 0.3) is 6.08 Å². The van der Waals surface area contributed by atoms with Gasteiger partial charge in [-0.1, -0.05) is 45.0 Å². The second kappa shape index (κ2) is 13.7. The van der Waals surface area contributed by atoms with E-state index in [0.29, 0.717) is 43.7 Å². The van der Waals surface area contributed by atoms with Crippen LogP contribution in [0.15, 0.2) is 63.6 Å². The molecule has 3 aromatic carbocycles. The highest BCUT2D eigenvalue weighted by Crippen LogP contribution is 2.42. The SMILES string of the molecule is CCC(=O)C=Cc1cccc(C(=O)c2cc(OC)c(C(C)C)cc2Oc2c(Br)cc(CC(=O)OC)cc2Br)c1. The zero-order valence-corrected chi connectivity index (χ0v) is 25.6. The molecule has 204 valence electrons. The Kier molecular flexibility index (Phi) is 10.7. The van der Waals surface area contributed by atoms with Crippen LogP contribution >= 0.6 is 31.9 Å². The first kappa shape index (κ1) is 30.3. The molecule has 3 aromatic rings. The largest absolute Gasteiger partial charge is 0.496 e. The van der Waals surface area contributed by atoms with Gasteiger partial charge in [-0.3, -0.25) is 14.4 Å². The predicted molar refractivity (Wildman–Crippen MR) is 159 cm³/mol. The van der Waals surface area contributed by atoms with Gasteiger partial charge in [-0.05, 0) is 85.3 Å². The van der Waals surface area contributed by atoms with E-state index >= 15 is 0 Å². The molecule has 0 radical (unpaired) electrons. The van der Waals surface area contributed by atoms with Crippen LogP contribution < -0.4 is 9.47 Å². The van der Waals surface area contributed by atoms with Gasteiger partial charge in [-0.25, -0.2) is 0 Å². The number of ether oxygens (including phenoxy) is 3. The van der Waals surface area contributed by atoms with Crippen LogP contribution in [0, 0.1) is 0 Å². The second-order valence-corrected chi connectivity index (χ2v) is 10.8. The summed E-state index contributed by atoms with van der Waals surface area (Å²) in [5.74, 6) is 0.877. The van der Waals surface area contributed by atoms with Gasteiger partial charge in [-0.15, -0.1) is 0 Å². The molecule has 0 amide bonds. The minimum atomic E-state index is -0.358. The summed E-state index contributed by atoms with van der Waals surface area (Å²) in [5, 5.41) is 0. The molecule has 0 aliphatic rings. The fourth-order valence-corrected chi connectivity index (χ4v) is 5.32. The first-order valence-corrected chi connectivity index (χ1v) is 14.0. The highest BCUT2D eigenvalue weighted by molar-refractivity contribution is 9.11. The third-order valence-corrected chi connectivity index (χ3v) is 7.18. The van der Waals surface area contributed by atoms with Crippen LogP contribution in [-0.2, 0) is 20.7 Å². The van der Waals surface area contributed by atoms with Crippen LogP contribution in [0.3, 0.4) is 0 Å². The second-order valence-electron chi connectivity index (χ2n) is 9.10. The molecule has 39 heavy (non-hydrogen) atoms. The molecular weight excluding hydrogens is 628 g/mol. The van der Waals surface area contributed by atoms with Crippen LogP contribution in [0.5, 0.6) is 17.2 Å². The topological polar surface area (TPSA) is 78.9 Å². The lowest BCUT2D eigenvalue weighted by molar-refractivity contribution is -0.139. The van der Waals surface area contributed by atoms with Gasteiger partial charge < -0.3 is 14.2 Å². The van der Waals surface area contributed by atoms with Gasteiger partial charge in [0.05, 0.1) is 35.1 Å². The van der Waals surface area contributed by atoms with Crippen LogP contribution in [0.2, 0.25) is 0 Å². The lowest BCUT2D eigenvalue weighted by atomic mass is 9.95. The van der Waals surface area contributed by atoms with Crippen molar-refractivity contribution in [2.24, 2.45) is 0 Å². The van der Waals surface area contributed by atoms with E-state index in [9.17, 15) is 14.4 Å². The number of halogens is 2. The molecular formula is C31H30Br2O6. The van der Waals surface area contributed by atoms with Crippen LogP contribution in [0.1, 0.15) is 65.7 Å². The standard InChI is InChI=1S/C31H30Br2O6/c1-6-22(34)11-10-19-8-7-9-21(12-19)30(36)24-17-27(37-4)23(18(2)3)16-28(24)39-31-25(32)13-20(14-26(31)33)15-29(35)38-5/h7-14,16-18H,6,15H2,1-5H3. The lowest BCUT2D eigenvalue weighted by Crippen LogP contribution is -2.07. The Morgan fingerprint density at radius 3 is 2.23 bits per heavy atom. The minimum absolute atomic E-state index is 0.00480. The zero-order chi connectivity index (χ0) is 28.7. The summed E-state index contributed by atoms with van der Waals surface area (Å²) in [4.78, 5) is 37.3. The first-order valence-electron chi connectivity index (χ1n) is 12.4. The number of carbonyl (C=O) groups is 3. The van der Waals surface area contributed by atoms with Gasteiger partial charge >= 0.3 is 5.97 Å². The van der Waals surface area contributed by atoms with Crippen molar-refractivity contribution in [2.45, 2.75) is 39.5 Å². The van der Waals surface area contributed by atoms with Gasteiger partial charge in [0.15, 0.2) is 17.3 Å². The molecule has 0 aliphatic carbocycles. The van der Waals surface area contributed by atoms with E-state index in [0.717, 1.165) is 16.7 Å². The molecule has 0 bridgehead atoms. The number of allylic oxidation sites excluding steroid dienone is 1. The maximum atomic E-state index is 13.8. The number of hydrogen-bond acceptors (Lipinski definition) is 6. The fraction of sp³-hybridized carbons (Fsp3) is 0.258. The van der Waals surface area contributed by atoms with Gasteiger partial charge in [0.25, 0.3) is 0 Å². The molecule has 0 heterocycles. The van der Waals surface area contributed by atoms with Crippen LogP contribution in [0.4, 0.5) is 0 Å². The number of hydrogen-bond donors (Lipinski definition) is 0. The monoisotopic (exact) mass is 656 g/mol. The normalized spacial score (nSPS) is 11.1. The average Bonchev–Trinajstić information content (AvgIpc) is 2.92. The maximum absolute atomic E-state index is 13.8. The van der Waals surface area contributed by atoms with Crippen molar-refractivity contribution < 1.29 is 28.6 Å². The molecule has 6 nitrogen and oxygen atoms in total. The Morgan fingerprint density at radius 1 is 0.949 bits per heavy atom. The number of methoxy groups -OCH3 is 2. The van der Waals surface area contributed by atoms with Gasteiger partial charge in [0.2, 0.25) is 0 Å². The number of benzene rings is 3. The van der Waals surface area contributed by atoms with Crippen molar-refractivity contribution in [1.82, 2.24) is 0 Å². The zero-order valence-electron chi connectivity index (χ0n) is 22.5. The molecule has 8 heteroatoms. The Labute approximate surface area is 245 Å². The van der Waals surface area contributed by atoms with E-state index in [4.69, 9.17) is 14.2 Å². The van der Waals surface area contributed by atoms with E-state index in [1.54, 1.807) is 56.5 Å². The Balaban J connectivity index is 2.10. The fourth-order valence-electron chi connectivity index (χ4n) is 3.87. The summed E-state index contributed by atoms with van der Waals surface area (Å²) < 4.78 is 18.0. The molecule has 0 saturated heterocycles. The Hall–Kier alpha value is -3.23. The molecule has 3 rings (SSSR count). The van der Waals surface area contributed by atoms with Crippen LogP contribution in [-0.4, -0.2) is 31.8 Å². The minimum Gasteiger partial charge on any atom is -0.496 e. The Bertz CT molecular complexity index is 1400. The summed E-state index contributed by atoms with van der Waals surface area (Å²) >= 11 is 7.08. The van der Waals surface area contributed by atoms with E-state index in [2.05, 4.69) is 31.9 Å². The summed E-state index contributed by atoms with van der Waals surface area (Å²) in [6, 6.07) is 14.1. The smallest absolute Gasteiger partial charge is 0.309 e. The molecule has 0 aliphatic heterocycles. The number of rotatable bonds is 11. The van der Waals surface area contributed by atoms with E-state index in [1.165, 1.54) is 13.2 Å². The molecule has 0 aromatic heterocycles. The van der Waals surface area contributed by atoms with Gasteiger partial charge in [0.1, 0.15) is 11.5 Å². The first-order chi connectivity index (χ1) is 18.6. The lowest BCUT2D eigenvalue weighted by Gasteiger charge is -2.19. The molecule has 0 atom stereocenters. The van der Waals surface area contributed by atoms with Crippen molar-refractivity contribution in [3.8, 4) is 17.2 Å².